The van der Waals surface area contributed by atoms with Gasteiger partial charge in [0.25, 0.3) is 0 Å². The zero-order chi connectivity index (χ0) is 12.3. The molecule has 3 nitrogen and oxygen atoms in total. The fourth-order valence-electron chi connectivity index (χ4n) is 2.25. The summed E-state index contributed by atoms with van der Waals surface area (Å²) in [5.74, 6) is 0.367. The molecule has 1 saturated heterocycles. The summed E-state index contributed by atoms with van der Waals surface area (Å²) in [6.07, 6.45) is 1.05. The van der Waals surface area contributed by atoms with Crippen molar-refractivity contribution in [3.05, 3.63) is 29.6 Å². The van der Waals surface area contributed by atoms with Crippen LogP contribution < -0.4 is 15.8 Å². The normalized spacial score (nSPS) is 21.5. The molecule has 0 saturated carbocycles. The number of halogens is 1. The van der Waals surface area contributed by atoms with Gasteiger partial charge in [-0.15, -0.1) is 0 Å². The van der Waals surface area contributed by atoms with Crippen molar-refractivity contribution in [2.45, 2.75) is 19.4 Å². The van der Waals surface area contributed by atoms with Crippen LogP contribution in [0.5, 0.6) is 5.75 Å². The molecule has 2 atom stereocenters. The summed E-state index contributed by atoms with van der Waals surface area (Å²) in [7, 11) is 0. The van der Waals surface area contributed by atoms with E-state index in [1.54, 1.807) is 6.07 Å². The third-order valence-corrected chi connectivity index (χ3v) is 3.25. The average molecular weight is 238 g/mol. The van der Waals surface area contributed by atoms with Gasteiger partial charge in [-0.1, -0.05) is 6.07 Å². The highest BCUT2D eigenvalue weighted by Gasteiger charge is 2.23. The zero-order valence-electron chi connectivity index (χ0n) is 10.1. The molecule has 17 heavy (non-hydrogen) atoms. The van der Waals surface area contributed by atoms with E-state index >= 15 is 0 Å². The lowest BCUT2D eigenvalue weighted by Gasteiger charge is -2.19. The predicted molar refractivity (Wildman–Crippen MR) is 65.5 cm³/mol. The van der Waals surface area contributed by atoms with E-state index in [-0.39, 0.29) is 11.9 Å². The van der Waals surface area contributed by atoms with E-state index in [1.807, 2.05) is 13.0 Å². The number of hydrogen-bond acceptors (Lipinski definition) is 3. The minimum absolute atomic E-state index is 0.102. The van der Waals surface area contributed by atoms with Gasteiger partial charge in [0.15, 0.2) is 11.6 Å². The molecule has 0 aromatic heterocycles. The van der Waals surface area contributed by atoms with Gasteiger partial charge in [0.2, 0.25) is 0 Å². The molecule has 1 aliphatic rings. The third kappa shape index (κ3) is 2.76. The van der Waals surface area contributed by atoms with E-state index in [0.29, 0.717) is 18.3 Å². The number of nitrogens with one attached hydrogen (secondary N) is 1. The van der Waals surface area contributed by atoms with Gasteiger partial charge < -0.3 is 15.8 Å². The molecule has 4 heteroatoms. The van der Waals surface area contributed by atoms with E-state index < -0.39 is 0 Å². The van der Waals surface area contributed by atoms with Gasteiger partial charge in [-0.25, -0.2) is 4.39 Å². The topological polar surface area (TPSA) is 47.3 Å². The van der Waals surface area contributed by atoms with Gasteiger partial charge in [-0.2, -0.15) is 0 Å². The molecule has 2 rings (SSSR count). The number of rotatable bonds is 4. The van der Waals surface area contributed by atoms with E-state index in [4.69, 9.17) is 10.5 Å². The van der Waals surface area contributed by atoms with Gasteiger partial charge >= 0.3 is 0 Å². The Bertz CT molecular complexity index is 378. The van der Waals surface area contributed by atoms with Crippen molar-refractivity contribution < 1.29 is 9.13 Å². The van der Waals surface area contributed by atoms with Crippen molar-refractivity contribution in [3.63, 3.8) is 0 Å². The Morgan fingerprint density at radius 1 is 1.59 bits per heavy atom. The molecule has 0 aliphatic carbocycles. The SMILES string of the molecule is CCOc1ccc(C(N)C2CCNC2)cc1F. The molecule has 0 radical (unpaired) electrons. The first-order chi connectivity index (χ1) is 8.22. The van der Waals surface area contributed by atoms with Crippen molar-refractivity contribution in [2.24, 2.45) is 11.7 Å². The second kappa shape index (κ2) is 5.47. The second-order valence-electron chi connectivity index (χ2n) is 4.40. The lowest BCUT2D eigenvalue weighted by Crippen LogP contribution is -2.23. The molecule has 1 aliphatic heterocycles. The molecule has 94 valence electrons. The Morgan fingerprint density at radius 3 is 3.00 bits per heavy atom. The molecule has 1 aromatic carbocycles. The fourth-order valence-corrected chi connectivity index (χ4v) is 2.25. The Morgan fingerprint density at radius 2 is 2.41 bits per heavy atom. The lowest BCUT2D eigenvalue weighted by atomic mass is 9.93. The molecule has 0 amide bonds. The second-order valence-corrected chi connectivity index (χ2v) is 4.40. The highest BCUT2D eigenvalue weighted by molar-refractivity contribution is 5.31. The largest absolute Gasteiger partial charge is 0.491 e. The first-order valence-corrected chi connectivity index (χ1v) is 6.11. The van der Waals surface area contributed by atoms with Gasteiger partial charge in [0.1, 0.15) is 0 Å². The van der Waals surface area contributed by atoms with E-state index in [2.05, 4.69) is 5.32 Å². The summed E-state index contributed by atoms with van der Waals surface area (Å²) in [4.78, 5) is 0. The maximum atomic E-state index is 13.7. The van der Waals surface area contributed by atoms with Crippen molar-refractivity contribution in [2.75, 3.05) is 19.7 Å². The van der Waals surface area contributed by atoms with Crippen LogP contribution in [-0.2, 0) is 0 Å². The van der Waals surface area contributed by atoms with Crippen molar-refractivity contribution in [1.29, 1.82) is 0 Å². The minimum Gasteiger partial charge on any atom is -0.491 e. The fraction of sp³-hybridized carbons (Fsp3) is 0.538. The van der Waals surface area contributed by atoms with Crippen molar-refractivity contribution >= 4 is 0 Å². The smallest absolute Gasteiger partial charge is 0.165 e. The molecule has 0 spiro atoms. The summed E-state index contributed by atoms with van der Waals surface area (Å²) in [5, 5.41) is 3.27. The monoisotopic (exact) mass is 238 g/mol. The van der Waals surface area contributed by atoms with Crippen molar-refractivity contribution in [3.8, 4) is 5.75 Å². The van der Waals surface area contributed by atoms with Crippen LogP contribution in [0, 0.1) is 11.7 Å². The van der Waals surface area contributed by atoms with Gasteiger partial charge in [0.05, 0.1) is 6.61 Å². The number of nitrogens with two attached hydrogens (primary N) is 1. The summed E-state index contributed by atoms with van der Waals surface area (Å²) < 4.78 is 18.9. The average Bonchev–Trinajstić information content (AvgIpc) is 2.84. The van der Waals surface area contributed by atoms with Crippen LogP contribution in [0.3, 0.4) is 0 Å². The molecule has 0 bridgehead atoms. The van der Waals surface area contributed by atoms with Crippen LogP contribution in [0.25, 0.3) is 0 Å². The van der Waals surface area contributed by atoms with E-state index in [9.17, 15) is 4.39 Å². The van der Waals surface area contributed by atoms with Crippen LogP contribution in [-0.4, -0.2) is 19.7 Å². The summed E-state index contributed by atoms with van der Waals surface area (Å²) in [6.45, 7) is 4.21. The van der Waals surface area contributed by atoms with Crippen LogP contribution in [0.2, 0.25) is 0 Å². The molecule has 1 heterocycles. The first kappa shape index (κ1) is 12.3. The zero-order valence-corrected chi connectivity index (χ0v) is 10.1. The van der Waals surface area contributed by atoms with Gasteiger partial charge in [-0.05, 0) is 50.0 Å². The highest BCUT2D eigenvalue weighted by atomic mass is 19.1. The quantitative estimate of drug-likeness (QED) is 0.841. The predicted octanol–water partition coefficient (Wildman–Crippen LogP) is 1.83. The summed E-state index contributed by atoms with van der Waals surface area (Å²) in [6, 6.07) is 4.91. The minimum atomic E-state index is -0.328. The lowest BCUT2D eigenvalue weighted by molar-refractivity contribution is 0.321. The van der Waals surface area contributed by atoms with Crippen LogP contribution in [0.4, 0.5) is 4.39 Å². The maximum absolute atomic E-state index is 13.7. The molecular weight excluding hydrogens is 219 g/mol. The maximum Gasteiger partial charge on any atom is 0.165 e. The Kier molecular flexibility index (Phi) is 3.97. The number of ether oxygens (including phenoxy) is 1. The molecule has 1 fully saturated rings. The molecule has 1 aromatic rings. The van der Waals surface area contributed by atoms with Gasteiger partial charge in [0, 0.05) is 6.04 Å². The highest BCUT2D eigenvalue weighted by Crippen LogP contribution is 2.27. The Balaban J connectivity index is 2.12. The summed E-state index contributed by atoms with van der Waals surface area (Å²) in [5.41, 5.74) is 6.99. The number of hydrogen-bond donors (Lipinski definition) is 2. The first-order valence-electron chi connectivity index (χ1n) is 6.11. The Hall–Kier alpha value is -1.13. The van der Waals surface area contributed by atoms with Crippen LogP contribution in [0.15, 0.2) is 18.2 Å². The van der Waals surface area contributed by atoms with Crippen LogP contribution in [0.1, 0.15) is 24.9 Å². The Labute approximate surface area is 101 Å². The third-order valence-electron chi connectivity index (χ3n) is 3.25. The van der Waals surface area contributed by atoms with Crippen LogP contribution >= 0.6 is 0 Å². The molecule has 2 unspecified atom stereocenters. The molecular formula is C13H19FN2O. The van der Waals surface area contributed by atoms with Gasteiger partial charge in [-0.3, -0.25) is 0 Å². The number of benzene rings is 1. The summed E-state index contributed by atoms with van der Waals surface area (Å²) >= 11 is 0. The van der Waals surface area contributed by atoms with Crippen molar-refractivity contribution in [1.82, 2.24) is 5.32 Å². The standard InChI is InChI=1S/C13H19FN2O/c1-2-17-12-4-3-9(7-11(12)14)13(15)10-5-6-16-8-10/h3-4,7,10,13,16H,2,5-6,8,15H2,1H3. The van der Waals surface area contributed by atoms with E-state index in [0.717, 1.165) is 25.1 Å². The van der Waals surface area contributed by atoms with E-state index in [1.165, 1.54) is 6.07 Å². The molecule has 3 N–H and O–H groups in total.